The molecule has 8 heteroatoms. The number of benzene rings is 1. The summed E-state index contributed by atoms with van der Waals surface area (Å²) in [5, 5.41) is 0. The Morgan fingerprint density at radius 3 is 2.38 bits per heavy atom. The molecule has 0 fully saturated rings. The van der Waals surface area contributed by atoms with Crippen molar-refractivity contribution in [2.45, 2.75) is 0 Å². The maximum Gasteiger partial charge on any atom is 0.254 e. The molecule has 1 amide bonds. The maximum absolute atomic E-state index is 13.4. The number of sulfonamides is 1. The lowest BCUT2D eigenvalue weighted by molar-refractivity contribution is 0.0992. The van der Waals surface area contributed by atoms with Crippen molar-refractivity contribution in [3.8, 4) is 0 Å². The van der Waals surface area contributed by atoms with E-state index in [-0.39, 0.29) is 0 Å². The van der Waals surface area contributed by atoms with Gasteiger partial charge in [-0.1, -0.05) is 0 Å². The van der Waals surface area contributed by atoms with Crippen molar-refractivity contribution < 1.29 is 22.0 Å². The van der Waals surface area contributed by atoms with E-state index in [2.05, 4.69) is 0 Å². The predicted molar refractivity (Wildman–Crippen MR) is 53.3 cm³/mol. The smallest absolute Gasteiger partial charge is 0.254 e. The van der Waals surface area contributed by atoms with Crippen molar-refractivity contribution in [3.05, 3.63) is 29.3 Å². The minimum absolute atomic E-state index is 0.530. The molecule has 16 heavy (non-hydrogen) atoms. The molecular weight excluding hydrogens is 242 g/mol. The minimum atomic E-state index is -3.72. The number of halogens is 2. The average Bonchev–Trinajstić information content (AvgIpc) is 2.07. The second-order valence-corrected chi connectivity index (χ2v) is 4.77. The largest absolute Gasteiger partial charge is 0.365 e. The maximum atomic E-state index is 13.4. The highest BCUT2D eigenvalue weighted by Gasteiger charge is 2.19. The van der Waals surface area contributed by atoms with Gasteiger partial charge in [-0.25, -0.2) is 17.2 Å². The third kappa shape index (κ3) is 2.66. The third-order valence-electron chi connectivity index (χ3n) is 1.63. The summed E-state index contributed by atoms with van der Waals surface area (Å²) in [7, 11) is -3.72. The van der Waals surface area contributed by atoms with Crippen LogP contribution in [-0.2, 0) is 10.0 Å². The van der Waals surface area contributed by atoms with E-state index in [9.17, 15) is 22.0 Å². The van der Waals surface area contributed by atoms with Gasteiger partial charge in [0.25, 0.3) is 5.91 Å². The summed E-state index contributed by atoms with van der Waals surface area (Å²) >= 11 is 0. The zero-order chi connectivity index (χ0) is 12.5. The van der Waals surface area contributed by atoms with Crippen LogP contribution < -0.4 is 10.5 Å². The van der Waals surface area contributed by atoms with Crippen LogP contribution in [0.3, 0.4) is 0 Å². The second kappa shape index (κ2) is 4.05. The summed E-state index contributed by atoms with van der Waals surface area (Å²) in [6.07, 6.45) is 0.791. The highest BCUT2D eigenvalue weighted by molar-refractivity contribution is 7.92. The van der Waals surface area contributed by atoms with E-state index in [1.807, 2.05) is 0 Å². The molecule has 0 saturated carbocycles. The van der Waals surface area contributed by atoms with E-state index >= 15 is 0 Å². The van der Waals surface area contributed by atoms with Crippen molar-refractivity contribution in [2.75, 3.05) is 11.0 Å². The normalized spacial score (nSPS) is 11.2. The van der Waals surface area contributed by atoms with E-state index in [1.54, 1.807) is 4.72 Å². The first-order valence-electron chi connectivity index (χ1n) is 3.98. The number of carbonyl (C=O) groups excluding carboxylic acids is 1. The van der Waals surface area contributed by atoms with Gasteiger partial charge in [-0.3, -0.25) is 9.52 Å². The lowest BCUT2D eigenvalue weighted by Crippen LogP contribution is -2.18. The summed E-state index contributed by atoms with van der Waals surface area (Å²) in [4.78, 5) is 10.7. The topological polar surface area (TPSA) is 89.3 Å². The van der Waals surface area contributed by atoms with Crippen LogP contribution in [0, 0.1) is 11.6 Å². The molecule has 0 radical (unpaired) electrons. The molecule has 0 unspecified atom stereocenters. The molecule has 1 aromatic carbocycles. The standard InChI is InChI=1S/C8H8F2N2O3S/c1-16(14,15)12-5-3-2-4(9)6(7(5)10)8(11)13/h2-3,12H,1H3,(H2,11,13). The van der Waals surface area contributed by atoms with E-state index in [0.29, 0.717) is 0 Å². The Bertz CT molecular complexity index is 542. The molecule has 3 N–H and O–H groups in total. The molecule has 0 aliphatic carbocycles. The number of anilines is 1. The van der Waals surface area contributed by atoms with Gasteiger partial charge < -0.3 is 5.73 Å². The molecule has 0 aliphatic heterocycles. The van der Waals surface area contributed by atoms with Gasteiger partial charge >= 0.3 is 0 Å². The lowest BCUT2D eigenvalue weighted by atomic mass is 10.1. The van der Waals surface area contributed by atoms with Crippen molar-refractivity contribution in [3.63, 3.8) is 0 Å². The number of carbonyl (C=O) groups is 1. The van der Waals surface area contributed by atoms with Gasteiger partial charge in [0.2, 0.25) is 10.0 Å². The number of nitrogens with two attached hydrogens (primary N) is 1. The van der Waals surface area contributed by atoms with Crippen LogP contribution in [0.15, 0.2) is 12.1 Å². The van der Waals surface area contributed by atoms with E-state index in [1.165, 1.54) is 0 Å². The van der Waals surface area contributed by atoms with Gasteiger partial charge in [-0.2, -0.15) is 0 Å². The SMILES string of the molecule is CS(=O)(=O)Nc1ccc(F)c(C(N)=O)c1F. The fourth-order valence-electron chi connectivity index (χ4n) is 1.06. The number of hydrogen-bond acceptors (Lipinski definition) is 3. The first kappa shape index (κ1) is 12.4. The van der Waals surface area contributed by atoms with Crippen molar-refractivity contribution in [1.29, 1.82) is 0 Å². The van der Waals surface area contributed by atoms with Crippen LogP contribution in [0.4, 0.5) is 14.5 Å². The highest BCUT2D eigenvalue weighted by Crippen LogP contribution is 2.21. The van der Waals surface area contributed by atoms with Crippen LogP contribution in [0.2, 0.25) is 0 Å². The number of rotatable bonds is 3. The predicted octanol–water partition coefficient (Wildman–Crippen LogP) is 0.435. The van der Waals surface area contributed by atoms with E-state index < -0.39 is 38.8 Å². The Kier molecular flexibility index (Phi) is 3.13. The fourth-order valence-corrected chi connectivity index (χ4v) is 1.61. The van der Waals surface area contributed by atoms with E-state index in [4.69, 9.17) is 5.73 Å². The van der Waals surface area contributed by atoms with Crippen LogP contribution in [0.1, 0.15) is 10.4 Å². The molecule has 1 rings (SSSR count). The molecule has 88 valence electrons. The number of nitrogens with one attached hydrogen (secondary N) is 1. The third-order valence-corrected chi connectivity index (χ3v) is 2.22. The Balaban J connectivity index is 3.35. The first-order chi connectivity index (χ1) is 7.22. The van der Waals surface area contributed by atoms with Gasteiger partial charge in [-0.05, 0) is 12.1 Å². The summed E-state index contributed by atoms with van der Waals surface area (Å²) in [5.74, 6) is -3.80. The molecule has 0 atom stereocenters. The lowest BCUT2D eigenvalue weighted by Gasteiger charge is -2.08. The number of hydrogen-bond donors (Lipinski definition) is 2. The van der Waals surface area contributed by atoms with Gasteiger partial charge in [0, 0.05) is 0 Å². The van der Waals surface area contributed by atoms with Crippen molar-refractivity contribution in [1.82, 2.24) is 0 Å². The zero-order valence-electron chi connectivity index (χ0n) is 8.12. The molecule has 0 heterocycles. The van der Waals surface area contributed by atoms with Gasteiger partial charge in [-0.15, -0.1) is 0 Å². The molecular formula is C8H8F2N2O3S. The fraction of sp³-hybridized carbons (Fsp3) is 0.125. The molecule has 0 aromatic heterocycles. The van der Waals surface area contributed by atoms with Crippen LogP contribution in [0.5, 0.6) is 0 Å². The second-order valence-electron chi connectivity index (χ2n) is 3.02. The Morgan fingerprint density at radius 1 is 1.38 bits per heavy atom. The molecule has 0 aliphatic rings. The number of primary amides is 1. The van der Waals surface area contributed by atoms with Crippen LogP contribution >= 0.6 is 0 Å². The van der Waals surface area contributed by atoms with Crippen molar-refractivity contribution in [2.24, 2.45) is 5.73 Å². The molecule has 1 aromatic rings. The Hall–Kier alpha value is -1.70. The van der Waals surface area contributed by atoms with Gasteiger partial charge in [0.1, 0.15) is 11.4 Å². The molecule has 0 spiro atoms. The summed E-state index contributed by atoms with van der Waals surface area (Å²) in [5.41, 5.74) is 3.24. The molecule has 0 bridgehead atoms. The quantitative estimate of drug-likeness (QED) is 0.815. The van der Waals surface area contributed by atoms with Gasteiger partial charge in [0.05, 0.1) is 11.9 Å². The number of amides is 1. The Morgan fingerprint density at radius 2 is 1.94 bits per heavy atom. The van der Waals surface area contributed by atoms with Crippen LogP contribution in [0.25, 0.3) is 0 Å². The first-order valence-corrected chi connectivity index (χ1v) is 5.87. The monoisotopic (exact) mass is 250 g/mol. The van der Waals surface area contributed by atoms with Crippen LogP contribution in [-0.4, -0.2) is 20.6 Å². The van der Waals surface area contributed by atoms with E-state index in [0.717, 1.165) is 18.4 Å². The summed E-state index contributed by atoms with van der Waals surface area (Å²) < 4.78 is 49.9. The van der Waals surface area contributed by atoms with Crippen molar-refractivity contribution >= 4 is 21.6 Å². The molecule has 5 nitrogen and oxygen atoms in total. The highest BCUT2D eigenvalue weighted by atomic mass is 32.2. The average molecular weight is 250 g/mol. The minimum Gasteiger partial charge on any atom is -0.365 e. The zero-order valence-corrected chi connectivity index (χ0v) is 8.94. The summed E-state index contributed by atoms with van der Waals surface area (Å²) in [6.45, 7) is 0. The summed E-state index contributed by atoms with van der Waals surface area (Å²) in [6, 6.07) is 1.61. The van der Waals surface area contributed by atoms with Gasteiger partial charge in [0.15, 0.2) is 5.82 Å². The Labute approximate surface area is 90.3 Å². The molecule has 0 saturated heterocycles.